The molecule has 0 aromatic heterocycles. The molecular formula is C22H35NO3. The Labute approximate surface area is 158 Å². The predicted octanol–water partition coefficient (Wildman–Crippen LogP) is 5.91. The Balaban J connectivity index is 2.03. The van der Waals surface area contributed by atoms with Crippen molar-refractivity contribution in [2.75, 3.05) is 19.5 Å². The number of nitrogens with two attached hydrogens (primary N) is 1. The van der Waals surface area contributed by atoms with Crippen LogP contribution in [0.4, 0.5) is 5.69 Å². The van der Waals surface area contributed by atoms with Crippen molar-refractivity contribution in [3.05, 3.63) is 35.9 Å². The molecule has 0 aliphatic heterocycles. The normalized spacial score (nSPS) is 11.0. The zero-order valence-electron chi connectivity index (χ0n) is 16.5. The number of methoxy groups -OCH3 is 1. The lowest BCUT2D eigenvalue weighted by Crippen LogP contribution is -2.07. The molecule has 1 aromatic carbocycles. The first kappa shape index (κ1) is 22.1. The summed E-state index contributed by atoms with van der Waals surface area (Å²) in [4.78, 5) is 12.0. The van der Waals surface area contributed by atoms with E-state index in [1.165, 1.54) is 52.1 Å². The number of carbonyl (C=O) groups excluding carboxylic acids is 1. The fourth-order valence-corrected chi connectivity index (χ4v) is 2.73. The molecule has 0 radical (unpaired) electrons. The molecule has 0 heterocycles. The van der Waals surface area contributed by atoms with Gasteiger partial charge >= 0.3 is 5.97 Å². The van der Waals surface area contributed by atoms with E-state index in [2.05, 4.69) is 19.1 Å². The van der Waals surface area contributed by atoms with E-state index in [0.717, 1.165) is 19.3 Å². The summed E-state index contributed by atoms with van der Waals surface area (Å²) in [6.45, 7) is 2.70. The van der Waals surface area contributed by atoms with Gasteiger partial charge in [0, 0.05) is 0 Å². The number of unbranched alkanes of at least 4 members (excludes halogenated alkanes) is 8. The summed E-state index contributed by atoms with van der Waals surface area (Å²) in [5.41, 5.74) is 6.73. The van der Waals surface area contributed by atoms with Crippen molar-refractivity contribution in [3.8, 4) is 5.75 Å². The largest absolute Gasteiger partial charge is 0.495 e. The Hall–Kier alpha value is -1.97. The van der Waals surface area contributed by atoms with Crippen LogP contribution in [0.15, 0.2) is 30.4 Å². The van der Waals surface area contributed by atoms with Crippen LogP contribution in [0.5, 0.6) is 5.75 Å². The monoisotopic (exact) mass is 361 g/mol. The van der Waals surface area contributed by atoms with Crippen LogP contribution in [0.1, 0.15) is 81.5 Å². The second kappa shape index (κ2) is 14.2. The lowest BCUT2D eigenvalue weighted by atomic mass is 10.1. The maximum Gasteiger partial charge on any atom is 0.338 e. The summed E-state index contributed by atoms with van der Waals surface area (Å²) in [6.07, 6.45) is 16.7. The molecule has 146 valence electrons. The van der Waals surface area contributed by atoms with Crippen molar-refractivity contribution in [1.29, 1.82) is 0 Å². The average Bonchev–Trinajstić information content (AvgIpc) is 2.65. The highest BCUT2D eigenvalue weighted by Crippen LogP contribution is 2.22. The van der Waals surface area contributed by atoms with Gasteiger partial charge in [0.1, 0.15) is 5.75 Å². The summed E-state index contributed by atoms with van der Waals surface area (Å²) in [6, 6.07) is 4.94. The molecule has 0 aliphatic rings. The minimum Gasteiger partial charge on any atom is -0.495 e. The Bertz CT molecular complexity index is 540. The first-order valence-electron chi connectivity index (χ1n) is 9.94. The van der Waals surface area contributed by atoms with Gasteiger partial charge in [-0.1, -0.05) is 51.2 Å². The van der Waals surface area contributed by atoms with E-state index in [1.807, 2.05) is 0 Å². The van der Waals surface area contributed by atoms with Crippen molar-refractivity contribution in [2.45, 2.75) is 71.1 Å². The van der Waals surface area contributed by atoms with Gasteiger partial charge in [-0.2, -0.15) is 0 Å². The summed E-state index contributed by atoms with van der Waals surface area (Å²) in [5.74, 6) is 0.173. The third kappa shape index (κ3) is 9.50. The van der Waals surface area contributed by atoms with Gasteiger partial charge < -0.3 is 15.2 Å². The van der Waals surface area contributed by atoms with Crippen LogP contribution in [0.3, 0.4) is 0 Å². The molecule has 0 spiro atoms. The highest BCUT2D eigenvalue weighted by Gasteiger charge is 2.09. The third-order valence-corrected chi connectivity index (χ3v) is 4.36. The van der Waals surface area contributed by atoms with Crippen molar-refractivity contribution in [1.82, 2.24) is 0 Å². The van der Waals surface area contributed by atoms with Crippen LogP contribution in [-0.2, 0) is 4.74 Å². The molecule has 0 aliphatic carbocycles. The quantitative estimate of drug-likeness (QED) is 0.194. The first-order chi connectivity index (χ1) is 12.7. The predicted molar refractivity (Wildman–Crippen MR) is 109 cm³/mol. The minimum atomic E-state index is -0.325. The molecule has 4 nitrogen and oxygen atoms in total. The van der Waals surface area contributed by atoms with E-state index in [1.54, 1.807) is 18.2 Å². The van der Waals surface area contributed by atoms with Gasteiger partial charge in [0.25, 0.3) is 0 Å². The molecule has 2 N–H and O–H groups in total. The number of rotatable bonds is 14. The van der Waals surface area contributed by atoms with E-state index in [9.17, 15) is 4.79 Å². The van der Waals surface area contributed by atoms with Gasteiger partial charge in [0.05, 0.1) is 25.0 Å². The SMILES string of the molecule is CCCCCC/C=C\CCCCCCOC(=O)c1ccc(N)c(OC)c1. The van der Waals surface area contributed by atoms with Gasteiger partial charge in [-0.15, -0.1) is 0 Å². The molecule has 26 heavy (non-hydrogen) atoms. The van der Waals surface area contributed by atoms with Gasteiger partial charge in [-0.25, -0.2) is 4.79 Å². The molecule has 0 saturated carbocycles. The molecule has 0 atom stereocenters. The number of benzene rings is 1. The fraction of sp³-hybridized carbons (Fsp3) is 0.591. The zero-order valence-corrected chi connectivity index (χ0v) is 16.5. The van der Waals surface area contributed by atoms with E-state index < -0.39 is 0 Å². The second-order valence-electron chi connectivity index (χ2n) is 6.62. The Morgan fingerprint density at radius 3 is 2.31 bits per heavy atom. The maximum absolute atomic E-state index is 12.0. The number of allylic oxidation sites excluding steroid dienone is 2. The number of nitrogen functional groups attached to an aromatic ring is 1. The van der Waals surface area contributed by atoms with Crippen LogP contribution in [0, 0.1) is 0 Å². The number of anilines is 1. The van der Waals surface area contributed by atoms with E-state index in [0.29, 0.717) is 23.6 Å². The second-order valence-corrected chi connectivity index (χ2v) is 6.62. The van der Waals surface area contributed by atoms with Gasteiger partial charge in [0.2, 0.25) is 0 Å². The van der Waals surface area contributed by atoms with E-state index in [4.69, 9.17) is 15.2 Å². The summed E-state index contributed by atoms with van der Waals surface area (Å²) in [5, 5.41) is 0. The molecule has 0 amide bonds. The highest BCUT2D eigenvalue weighted by molar-refractivity contribution is 5.90. The fourth-order valence-electron chi connectivity index (χ4n) is 2.73. The molecule has 0 fully saturated rings. The van der Waals surface area contributed by atoms with Gasteiger partial charge in [0.15, 0.2) is 0 Å². The Morgan fingerprint density at radius 2 is 1.65 bits per heavy atom. The lowest BCUT2D eigenvalue weighted by molar-refractivity contribution is 0.0497. The summed E-state index contributed by atoms with van der Waals surface area (Å²) in [7, 11) is 1.53. The van der Waals surface area contributed by atoms with Gasteiger partial charge in [-0.3, -0.25) is 0 Å². The number of hydrogen-bond acceptors (Lipinski definition) is 4. The Morgan fingerprint density at radius 1 is 1.00 bits per heavy atom. The van der Waals surface area contributed by atoms with Crippen molar-refractivity contribution >= 4 is 11.7 Å². The summed E-state index contributed by atoms with van der Waals surface area (Å²) >= 11 is 0. The van der Waals surface area contributed by atoms with E-state index >= 15 is 0 Å². The van der Waals surface area contributed by atoms with Crippen molar-refractivity contribution < 1.29 is 14.3 Å². The van der Waals surface area contributed by atoms with Crippen LogP contribution in [0.2, 0.25) is 0 Å². The first-order valence-corrected chi connectivity index (χ1v) is 9.94. The number of ether oxygens (including phenoxy) is 2. The molecular weight excluding hydrogens is 326 g/mol. The average molecular weight is 362 g/mol. The number of carbonyl (C=O) groups is 1. The van der Waals surface area contributed by atoms with Crippen molar-refractivity contribution in [2.24, 2.45) is 0 Å². The Kier molecular flexibility index (Phi) is 12.1. The van der Waals surface area contributed by atoms with Crippen LogP contribution in [-0.4, -0.2) is 19.7 Å². The van der Waals surface area contributed by atoms with Gasteiger partial charge in [-0.05, 0) is 50.3 Å². The molecule has 0 saturated heterocycles. The van der Waals surface area contributed by atoms with Crippen LogP contribution >= 0.6 is 0 Å². The summed E-state index contributed by atoms with van der Waals surface area (Å²) < 4.78 is 10.4. The lowest BCUT2D eigenvalue weighted by Gasteiger charge is -2.08. The zero-order chi connectivity index (χ0) is 19.0. The molecule has 0 bridgehead atoms. The third-order valence-electron chi connectivity index (χ3n) is 4.36. The smallest absolute Gasteiger partial charge is 0.338 e. The number of hydrogen-bond donors (Lipinski definition) is 1. The molecule has 4 heteroatoms. The molecule has 1 rings (SSSR count). The van der Waals surface area contributed by atoms with Crippen LogP contribution in [0.25, 0.3) is 0 Å². The van der Waals surface area contributed by atoms with Crippen molar-refractivity contribution in [3.63, 3.8) is 0 Å². The van der Waals surface area contributed by atoms with E-state index in [-0.39, 0.29) is 5.97 Å². The van der Waals surface area contributed by atoms with Crippen LogP contribution < -0.4 is 10.5 Å². The minimum absolute atomic E-state index is 0.325. The highest BCUT2D eigenvalue weighted by atomic mass is 16.5. The standard InChI is InChI=1S/C22H35NO3/c1-3-4-5-6-7-8-9-10-11-12-13-14-17-26-22(24)19-15-16-20(23)21(18-19)25-2/h8-9,15-16,18H,3-7,10-14,17,23H2,1-2H3/b9-8-. The maximum atomic E-state index is 12.0. The topological polar surface area (TPSA) is 61.5 Å². The number of esters is 1. The molecule has 0 unspecified atom stereocenters. The molecule has 1 aromatic rings.